The van der Waals surface area contributed by atoms with E-state index in [0.29, 0.717) is 5.03 Å². The second-order valence-electron chi connectivity index (χ2n) is 3.89. The number of aromatic carboxylic acids is 1. The first-order valence-electron chi connectivity index (χ1n) is 5.87. The number of nitrogens with zero attached hydrogens (tertiary/aromatic N) is 3. The van der Waals surface area contributed by atoms with Crippen LogP contribution in [0.15, 0.2) is 40.8 Å². The van der Waals surface area contributed by atoms with Crippen molar-refractivity contribution in [2.75, 3.05) is 0 Å². The molecule has 5 nitrogen and oxygen atoms in total. The smallest absolute Gasteiger partial charge is 0.335 e. The fourth-order valence-corrected chi connectivity index (χ4v) is 2.34. The molecule has 98 valence electrons. The van der Waals surface area contributed by atoms with Gasteiger partial charge in [-0.15, -0.1) is 0 Å². The largest absolute Gasteiger partial charge is 0.478 e. The third-order valence-electron chi connectivity index (χ3n) is 2.40. The summed E-state index contributed by atoms with van der Waals surface area (Å²) in [6.45, 7) is 2.09. The SMILES string of the molecule is CCCc1cc(Sc2cc(C(=O)O)ccn2)ncn1. The monoisotopic (exact) mass is 275 g/mol. The Balaban J connectivity index is 2.18. The van der Waals surface area contributed by atoms with Crippen LogP contribution in [-0.2, 0) is 6.42 Å². The minimum absolute atomic E-state index is 0.223. The third kappa shape index (κ3) is 3.75. The number of aryl methyl sites for hydroxylation is 1. The molecule has 0 fully saturated rings. The van der Waals surface area contributed by atoms with Crippen molar-refractivity contribution in [2.24, 2.45) is 0 Å². The second-order valence-corrected chi connectivity index (χ2v) is 4.93. The molecule has 0 aliphatic rings. The van der Waals surface area contributed by atoms with E-state index in [-0.39, 0.29) is 5.56 Å². The third-order valence-corrected chi connectivity index (χ3v) is 3.26. The second kappa shape index (κ2) is 6.29. The Kier molecular flexibility index (Phi) is 4.46. The van der Waals surface area contributed by atoms with Gasteiger partial charge in [0.25, 0.3) is 0 Å². The summed E-state index contributed by atoms with van der Waals surface area (Å²) in [6, 6.07) is 4.91. The first-order valence-corrected chi connectivity index (χ1v) is 6.69. The summed E-state index contributed by atoms with van der Waals surface area (Å²) in [4.78, 5) is 23.3. The van der Waals surface area contributed by atoms with E-state index in [2.05, 4.69) is 21.9 Å². The standard InChI is InChI=1S/C13H13N3O2S/c1-2-3-10-7-12(16-8-15-10)19-11-6-9(13(17)18)4-5-14-11/h4-8H,2-3H2,1H3,(H,17,18). The van der Waals surface area contributed by atoms with E-state index in [4.69, 9.17) is 5.11 Å². The Morgan fingerprint density at radius 1 is 1.26 bits per heavy atom. The van der Waals surface area contributed by atoms with Crippen LogP contribution in [0.25, 0.3) is 0 Å². The lowest BCUT2D eigenvalue weighted by atomic mass is 10.2. The zero-order valence-corrected chi connectivity index (χ0v) is 11.2. The van der Waals surface area contributed by atoms with Gasteiger partial charge in [0.1, 0.15) is 16.4 Å². The van der Waals surface area contributed by atoms with Crippen molar-refractivity contribution in [3.05, 3.63) is 42.0 Å². The minimum atomic E-state index is -0.960. The molecule has 1 N–H and O–H groups in total. The lowest BCUT2D eigenvalue weighted by molar-refractivity contribution is 0.0696. The van der Waals surface area contributed by atoms with E-state index in [1.807, 2.05) is 6.07 Å². The van der Waals surface area contributed by atoms with Crippen molar-refractivity contribution in [1.29, 1.82) is 0 Å². The summed E-state index contributed by atoms with van der Waals surface area (Å²) in [6.07, 6.45) is 4.93. The maximum atomic E-state index is 10.9. The molecule has 2 aromatic heterocycles. The van der Waals surface area contributed by atoms with Gasteiger partial charge in [0.2, 0.25) is 0 Å². The summed E-state index contributed by atoms with van der Waals surface area (Å²) < 4.78 is 0. The highest BCUT2D eigenvalue weighted by molar-refractivity contribution is 7.99. The van der Waals surface area contributed by atoms with Crippen molar-refractivity contribution in [2.45, 2.75) is 29.8 Å². The summed E-state index contributed by atoms with van der Waals surface area (Å²) in [7, 11) is 0. The molecule has 0 aromatic carbocycles. The molecule has 0 atom stereocenters. The Hall–Kier alpha value is -1.95. The molecule has 0 unspecified atom stereocenters. The van der Waals surface area contributed by atoms with Crippen LogP contribution < -0.4 is 0 Å². The van der Waals surface area contributed by atoms with Gasteiger partial charge in [-0.3, -0.25) is 0 Å². The van der Waals surface area contributed by atoms with E-state index in [1.54, 1.807) is 0 Å². The predicted octanol–water partition coefficient (Wildman–Crippen LogP) is 2.67. The lowest BCUT2D eigenvalue weighted by Gasteiger charge is -2.03. The average molecular weight is 275 g/mol. The van der Waals surface area contributed by atoms with Gasteiger partial charge in [0.15, 0.2) is 0 Å². The number of hydrogen-bond donors (Lipinski definition) is 1. The molecule has 0 amide bonds. The first kappa shape index (κ1) is 13.5. The Bertz CT molecular complexity index is 590. The van der Waals surface area contributed by atoms with Gasteiger partial charge in [-0.2, -0.15) is 0 Å². The van der Waals surface area contributed by atoms with E-state index in [1.165, 1.54) is 36.4 Å². The first-order chi connectivity index (χ1) is 9.19. The van der Waals surface area contributed by atoms with Crippen LogP contribution in [0.4, 0.5) is 0 Å². The molecule has 0 bridgehead atoms. The number of carboxylic acids is 1. The van der Waals surface area contributed by atoms with Crippen molar-refractivity contribution in [3.8, 4) is 0 Å². The minimum Gasteiger partial charge on any atom is -0.478 e. The van der Waals surface area contributed by atoms with E-state index in [0.717, 1.165) is 23.6 Å². The highest BCUT2D eigenvalue weighted by Crippen LogP contribution is 2.24. The predicted molar refractivity (Wildman–Crippen MR) is 71.3 cm³/mol. The van der Waals surface area contributed by atoms with E-state index < -0.39 is 5.97 Å². The molecule has 2 heterocycles. The fourth-order valence-electron chi connectivity index (χ4n) is 1.53. The summed E-state index contributed by atoms with van der Waals surface area (Å²) in [5.41, 5.74) is 1.20. The van der Waals surface area contributed by atoms with E-state index >= 15 is 0 Å². The van der Waals surface area contributed by atoms with Gasteiger partial charge < -0.3 is 5.11 Å². The number of carbonyl (C=O) groups is 1. The van der Waals surface area contributed by atoms with Gasteiger partial charge in [0.05, 0.1) is 5.56 Å². The summed E-state index contributed by atoms with van der Waals surface area (Å²) >= 11 is 1.33. The van der Waals surface area contributed by atoms with Crippen LogP contribution in [0, 0.1) is 0 Å². The quantitative estimate of drug-likeness (QED) is 0.845. The Morgan fingerprint density at radius 3 is 2.79 bits per heavy atom. The molecule has 0 aliphatic carbocycles. The van der Waals surface area contributed by atoms with E-state index in [9.17, 15) is 4.79 Å². The zero-order chi connectivity index (χ0) is 13.7. The molecule has 0 spiro atoms. The maximum Gasteiger partial charge on any atom is 0.335 e. The van der Waals surface area contributed by atoms with Crippen molar-refractivity contribution in [1.82, 2.24) is 15.0 Å². The lowest BCUT2D eigenvalue weighted by Crippen LogP contribution is -1.97. The van der Waals surface area contributed by atoms with Crippen LogP contribution >= 0.6 is 11.8 Å². The average Bonchev–Trinajstić information content (AvgIpc) is 2.40. The van der Waals surface area contributed by atoms with Crippen molar-refractivity contribution >= 4 is 17.7 Å². The van der Waals surface area contributed by atoms with Gasteiger partial charge >= 0.3 is 5.97 Å². The van der Waals surface area contributed by atoms with Crippen LogP contribution in [0.2, 0.25) is 0 Å². The zero-order valence-electron chi connectivity index (χ0n) is 10.4. The van der Waals surface area contributed by atoms with Crippen LogP contribution in [0.3, 0.4) is 0 Å². The number of carboxylic acid groups (broad SMARTS) is 1. The topological polar surface area (TPSA) is 76.0 Å². The molecular weight excluding hydrogens is 262 g/mol. The number of rotatable bonds is 5. The normalized spacial score (nSPS) is 10.4. The Labute approximate surface area is 115 Å². The van der Waals surface area contributed by atoms with Gasteiger partial charge in [-0.25, -0.2) is 19.7 Å². The molecular formula is C13H13N3O2S. The van der Waals surface area contributed by atoms with Crippen LogP contribution in [-0.4, -0.2) is 26.0 Å². The fraction of sp³-hybridized carbons (Fsp3) is 0.231. The molecule has 0 radical (unpaired) electrons. The molecule has 0 saturated carbocycles. The van der Waals surface area contributed by atoms with Crippen molar-refractivity contribution in [3.63, 3.8) is 0 Å². The highest BCUT2D eigenvalue weighted by atomic mass is 32.2. The van der Waals surface area contributed by atoms with Crippen LogP contribution in [0.5, 0.6) is 0 Å². The number of pyridine rings is 1. The van der Waals surface area contributed by atoms with Gasteiger partial charge in [0, 0.05) is 11.9 Å². The summed E-state index contributed by atoms with van der Waals surface area (Å²) in [5, 5.41) is 10.3. The highest BCUT2D eigenvalue weighted by Gasteiger charge is 2.07. The van der Waals surface area contributed by atoms with Gasteiger partial charge in [-0.05, 0) is 36.4 Å². The van der Waals surface area contributed by atoms with Crippen molar-refractivity contribution < 1.29 is 9.90 Å². The Morgan fingerprint density at radius 2 is 2.05 bits per heavy atom. The molecule has 0 aliphatic heterocycles. The number of aromatic nitrogens is 3. The molecule has 2 aromatic rings. The molecule has 2 rings (SSSR count). The summed E-state index contributed by atoms with van der Waals surface area (Å²) in [5.74, 6) is -0.960. The maximum absolute atomic E-state index is 10.9. The number of hydrogen-bond acceptors (Lipinski definition) is 5. The van der Waals surface area contributed by atoms with Gasteiger partial charge in [-0.1, -0.05) is 13.3 Å². The molecule has 0 saturated heterocycles. The molecule has 6 heteroatoms. The van der Waals surface area contributed by atoms with Crippen LogP contribution in [0.1, 0.15) is 29.4 Å². The molecule has 19 heavy (non-hydrogen) atoms.